The Balaban J connectivity index is 1.90. The molecule has 2 rings (SSSR count). The van der Waals surface area contributed by atoms with E-state index < -0.39 is 0 Å². The van der Waals surface area contributed by atoms with Crippen LogP contribution in [0.15, 0.2) is 0 Å². The van der Waals surface area contributed by atoms with Crippen molar-refractivity contribution in [3.8, 4) is 0 Å². The third-order valence-electron chi connectivity index (χ3n) is 4.56. The fourth-order valence-electron chi connectivity index (χ4n) is 3.26. The molecular weight excluding hydrogens is 158 g/mol. The second-order valence-electron chi connectivity index (χ2n) is 5.89. The topological polar surface area (TPSA) is 26.0 Å². The highest BCUT2D eigenvalue weighted by Gasteiger charge is 2.58. The Hall–Kier alpha value is -0.0400. The van der Waals surface area contributed by atoms with Gasteiger partial charge in [0.15, 0.2) is 0 Å². The Labute approximate surface area is 82.1 Å². The molecule has 2 aliphatic carbocycles. The normalized spacial score (nSPS) is 48.9. The third kappa shape index (κ3) is 1.52. The van der Waals surface area contributed by atoms with Crippen LogP contribution < -0.4 is 5.73 Å². The summed E-state index contributed by atoms with van der Waals surface area (Å²) in [6, 6.07) is 0.492. The number of hydrogen-bond donors (Lipinski definition) is 1. The van der Waals surface area contributed by atoms with Crippen molar-refractivity contribution in [3.05, 3.63) is 0 Å². The molecule has 13 heavy (non-hydrogen) atoms. The van der Waals surface area contributed by atoms with Crippen LogP contribution in [0.2, 0.25) is 0 Å². The number of rotatable bonds is 1. The van der Waals surface area contributed by atoms with Crippen LogP contribution in [0.25, 0.3) is 0 Å². The highest BCUT2D eigenvalue weighted by molar-refractivity contribution is 5.11. The second kappa shape index (κ2) is 2.98. The summed E-state index contributed by atoms with van der Waals surface area (Å²) in [5.74, 6) is 2.75. The van der Waals surface area contributed by atoms with Gasteiger partial charge in [0.2, 0.25) is 0 Å². The predicted octanol–water partition coefficient (Wildman–Crippen LogP) is 2.80. The predicted molar refractivity (Wildman–Crippen MR) is 56.4 cm³/mol. The fraction of sp³-hybridized carbons (Fsp3) is 1.00. The van der Waals surface area contributed by atoms with Gasteiger partial charge in [-0.05, 0) is 36.0 Å². The Bertz CT molecular complexity index is 189. The van der Waals surface area contributed by atoms with Gasteiger partial charge in [0.05, 0.1) is 0 Å². The van der Waals surface area contributed by atoms with Crippen LogP contribution in [-0.4, -0.2) is 6.04 Å². The van der Waals surface area contributed by atoms with Crippen molar-refractivity contribution in [2.24, 2.45) is 28.9 Å². The summed E-state index contributed by atoms with van der Waals surface area (Å²) in [5, 5.41) is 0. The molecule has 2 fully saturated rings. The van der Waals surface area contributed by atoms with Gasteiger partial charge in [0, 0.05) is 6.04 Å². The second-order valence-corrected chi connectivity index (χ2v) is 5.89. The number of hydrogen-bond acceptors (Lipinski definition) is 1. The fourth-order valence-corrected chi connectivity index (χ4v) is 3.26. The summed E-state index contributed by atoms with van der Waals surface area (Å²) in [7, 11) is 0. The minimum atomic E-state index is 0.450. The van der Waals surface area contributed by atoms with Crippen LogP contribution in [0.4, 0.5) is 0 Å². The molecule has 0 radical (unpaired) electrons. The van der Waals surface area contributed by atoms with Crippen molar-refractivity contribution in [1.29, 1.82) is 0 Å². The van der Waals surface area contributed by atoms with Crippen molar-refractivity contribution in [3.63, 3.8) is 0 Å². The van der Waals surface area contributed by atoms with E-state index in [4.69, 9.17) is 5.73 Å². The molecule has 0 aromatic rings. The van der Waals surface area contributed by atoms with Gasteiger partial charge in [-0.3, -0.25) is 0 Å². The first-order valence-electron chi connectivity index (χ1n) is 5.79. The van der Waals surface area contributed by atoms with Gasteiger partial charge in [-0.25, -0.2) is 0 Å². The minimum absolute atomic E-state index is 0.450. The van der Waals surface area contributed by atoms with Gasteiger partial charge in [-0.1, -0.05) is 33.6 Å². The van der Waals surface area contributed by atoms with Crippen molar-refractivity contribution >= 4 is 0 Å². The quantitative estimate of drug-likeness (QED) is 0.661. The van der Waals surface area contributed by atoms with Crippen LogP contribution in [0.3, 0.4) is 0 Å². The summed E-state index contributed by atoms with van der Waals surface area (Å²) < 4.78 is 0. The van der Waals surface area contributed by atoms with Gasteiger partial charge in [-0.15, -0.1) is 0 Å². The molecule has 0 amide bonds. The van der Waals surface area contributed by atoms with E-state index in [2.05, 4.69) is 20.8 Å². The molecule has 0 aromatic heterocycles. The molecule has 0 unspecified atom stereocenters. The Morgan fingerprint density at radius 1 is 1.08 bits per heavy atom. The van der Waals surface area contributed by atoms with Crippen LogP contribution in [-0.2, 0) is 0 Å². The summed E-state index contributed by atoms with van der Waals surface area (Å²) in [6.07, 6.45) is 5.74. The smallest absolute Gasteiger partial charge is 0.0130 e. The lowest BCUT2D eigenvalue weighted by molar-refractivity contribution is 0.244. The molecule has 0 aliphatic heterocycles. The summed E-state index contributed by atoms with van der Waals surface area (Å²) in [6.45, 7) is 7.05. The van der Waals surface area contributed by atoms with Crippen LogP contribution >= 0.6 is 0 Å². The minimum Gasteiger partial charge on any atom is -0.327 e. The van der Waals surface area contributed by atoms with E-state index in [1.165, 1.54) is 25.7 Å². The molecule has 2 aliphatic rings. The van der Waals surface area contributed by atoms with Crippen molar-refractivity contribution in [1.82, 2.24) is 0 Å². The lowest BCUT2D eigenvalue weighted by Gasteiger charge is -2.27. The molecule has 2 atom stereocenters. The molecule has 76 valence electrons. The van der Waals surface area contributed by atoms with E-state index in [1.807, 2.05) is 0 Å². The van der Waals surface area contributed by atoms with Gasteiger partial charge in [0.1, 0.15) is 0 Å². The van der Waals surface area contributed by atoms with E-state index in [9.17, 15) is 0 Å². The average Bonchev–Trinajstić information content (AvgIpc) is 2.55. The van der Waals surface area contributed by atoms with E-state index in [0.29, 0.717) is 11.5 Å². The monoisotopic (exact) mass is 181 g/mol. The lowest BCUT2D eigenvalue weighted by Crippen LogP contribution is -2.17. The SMILES string of the molecule is CC1CCC([C@@H]2[C@@H](N)C2(C)C)CC1. The van der Waals surface area contributed by atoms with Gasteiger partial charge in [-0.2, -0.15) is 0 Å². The molecule has 2 saturated carbocycles. The summed E-state index contributed by atoms with van der Waals surface area (Å²) in [4.78, 5) is 0. The Morgan fingerprint density at radius 2 is 1.54 bits per heavy atom. The first-order valence-corrected chi connectivity index (χ1v) is 5.79. The first kappa shape index (κ1) is 9.51. The van der Waals surface area contributed by atoms with Crippen molar-refractivity contribution in [2.75, 3.05) is 0 Å². The standard InChI is InChI=1S/C12H23N/c1-8-4-6-9(7-5-8)10-11(13)12(10,2)3/h8-11H,4-7,13H2,1-3H3/t8?,9?,10-,11-/m1/s1. The summed E-state index contributed by atoms with van der Waals surface area (Å²) in [5.41, 5.74) is 6.56. The molecule has 0 saturated heterocycles. The Morgan fingerprint density at radius 3 is 1.92 bits per heavy atom. The molecule has 0 bridgehead atoms. The van der Waals surface area contributed by atoms with E-state index in [0.717, 1.165) is 17.8 Å². The van der Waals surface area contributed by atoms with Crippen LogP contribution in [0, 0.1) is 23.2 Å². The maximum Gasteiger partial charge on any atom is 0.0130 e. The maximum atomic E-state index is 6.11. The molecule has 2 N–H and O–H groups in total. The zero-order valence-corrected chi connectivity index (χ0v) is 9.22. The molecule has 0 spiro atoms. The van der Waals surface area contributed by atoms with Gasteiger partial charge < -0.3 is 5.73 Å². The lowest BCUT2D eigenvalue weighted by atomic mass is 9.79. The molecule has 0 aromatic carbocycles. The third-order valence-corrected chi connectivity index (χ3v) is 4.56. The highest BCUT2D eigenvalue weighted by atomic mass is 14.8. The molecule has 1 nitrogen and oxygen atoms in total. The average molecular weight is 181 g/mol. The van der Waals surface area contributed by atoms with Crippen molar-refractivity contribution in [2.45, 2.75) is 52.5 Å². The molecule has 0 heterocycles. The zero-order chi connectivity index (χ0) is 9.64. The van der Waals surface area contributed by atoms with Gasteiger partial charge >= 0.3 is 0 Å². The summed E-state index contributed by atoms with van der Waals surface area (Å²) >= 11 is 0. The maximum absolute atomic E-state index is 6.11. The van der Waals surface area contributed by atoms with E-state index in [-0.39, 0.29) is 0 Å². The van der Waals surface area contributed by atoms with Crippen LogP contribution in [0.5, 0.6) is 0 Å². The molecule has 1 heteroatoms. The van der Waals surface area contributed by atoms with Crippen LogP contribution in [0.1, 0.15) is 46.5 Å². The highest BCUT2D eigenvalue weighted by Crippen LogP contribution is 2.57. The molecular formula is C12H23N. The van der Waals surface area contributed by atoms with E-state index >= 15 is 0 Å². The Kier molecular flexibility index (Phi) is 2.18. The first-order chi connectivity index (χ1) is 6.03. The van der Waals surface area contributed by atoms with Gasteiger partial charge in [0.25, 0.3) is 0 Å². The zero-order valence-electron chi connectivity index (χ0n) is 9.22. The van der Waals surface area contributed by atoms with E-state index in [1.54, 1.807) is 0 Å². The number of nitrogens with two attached hydrogens (primary N) is 1. The van der Waals surface area contributed by atoms with Crippen molar-refractivity contribution < 1.29 is 0 Å². The largest absolute Gasteiger partial charge is 0.327 e.